The van der Waals surface area contributed by atoms with Gasteiger partial charge in [-0.05, 0) is 43.7 Å². The van der Waals surface area contributed by atoms with Crippen LogP contribution in [0.3, 0.4) is 0 Å². The third-order valence-corrected chi connectivity index (χ3v) is 5.57. The second-order valence-electron chi connectivity index (χ2n) is 6.75. The van der Waals surface area contributed by atoms with E-state index in [9.17, 15) is 4.39 Å². The summed E-state index contributed by atoms with van der Waals surface area (Å²) in [5.41, 5.74) is 1.10. The van der Waals surface area contributed by atoms with Crippen molar-refractivity contribution in [3.8, 4) is 0 Å². The van der Waals surface area contributed by atoms with Gasteiger partial charge in [0.15, 0.2) is 0 Å². The highest BCUT2D eigenvalue weighted by Gasteiger charge is 2.45. The third kappa shape index (κ3) is 3.10. The van der Waals surface area contributed by atoms with Crippen molar-refractivity contribution in [1.82, 2.24) is 10.2 Å². The van der Waals surface area contributed by atoms with E-state index in [4.69, 9.17) is 11.6 Å². The Morgan fingerprint density at radius 1 is 1.43 bits per heavy atom. The van der Waals surface area contributed by atoms with Crippen LogP contribution < -0.4 is 5.32 Å². The molecule has 2 nitrogen and oxygen atoms in total. The molecule has 1 aliphatic carbocycles. The van der Waals surface area contributed by atoms with Gasteiger partial charge in [-0.25, -0.2) is 4.39 Å². The van der Waals surface area contributed by atoms with Crippen molar-refractivity contribution in [2.75, 3.05) is 13.1 Å². The van der Waals surface area contributed by atoms with Crippen molar-refractivity contribution < 1.29 is 4.39 Å². The maximum absolute atomic E-state index is 13.6. The Kier molecular flexibility index (Phi) is 4.26. The van der Waals surface area contributed by atoms with E-state index in [1.54, 1.807) is 6.07 Å². The molecule has 116 valence electrons. The van der Waals surface area contributed by atoms with Gasteiger partial charge in [-0.3, -0.25) is 4.90 Å². The summed E-state index contributed by atoms with van der Waals surface area (Å²) in [5, 5.41) is 4.03. The van der Waals surface area contributed by atoms with Crippen LogP contribution in [0.5, 0.6) is 0 Å². The molecular weight excluding hydrogens is 287 g/mol. The predicted molar refractivity (Wildman–Crippen MR) is 85.0 cm³/mol. The largest absolute Gasteiger partial charge is 0.308 e. The molecule has 2 aliphatic rings. The lowest BCUT2D eigenvalue weighted by atomic mass is 9.90. The minimum absolute atomic E-state index is 0.200. The molecular formula is C17H24ClFN2. The molecule has 3 rings (SSSR count). The zero-order valence-corrected chi connectivity index (χ0v) is 13.6. The Balaban J connectivity index is 1.78. The standard InChI is InChI=1S/C17H24ClFN2/c1-3-14-9-20-17(2,13-7-8-13)11-21(14)10-12-5-4-6-15(19)16(12)18/h4-6,13-14,20H,3,7-11H2,1-2H3. The monoisotopic (exact) mass is 310 g/mol. The first-order valence-corrected chi connectivity index (χ1v) is 8.33. The fourth-order valence-electron chi connectivity index (χ4n) is 3.56. The highest BCUT2D eigenvalue weighted by molar-refractivity contribution is 6.31. The first kappa shape index (κ1) is 15.3. The van der Waals surface area contributed by atoms with E-state index >= 15 is 0 Å². The third-order valence-electron chi connectivity index (χ3n) is 5.14. The molecule has 4 heteroatoms. The second-order valence-corrected chi connectivity index (χ2v) is 7.13. The molecule has 21 heavy (non-hydrogen) atoms. The predicted octanol–water partition coefficient (Wildman–Crippen LogP) is 3.83. The molecule has 1 N–H and O–H groups in total. The normalized spacial score (nSPS) is 30.6. The van der Waals surface area contributed by atoms with Gasteiger partial charge in [-0.1, -0.05) is 30.7 Å². The highest BCUT2D eigenvalue weighted by Crippen LogP contribution is 2.41. The van der Waals surface area contributed by atoms with Crippen LogP contribution in [0.1, 0.15) is 38.7 Å². The Hall–Kier alpha value is -0.640. The fraction of sp³-hybridized carbons (Fsp3) is 0.647. The molecule has 2 atom stereocenters. The Morgan fingerprint density at radius 3 is 2.86 bits per heavy atom. The molecule has 1 heterocycles. The van der Waals surface area contributed by atoms with E-state index in [0.717, 1.165) is 37.5 Å². The van der Waals surface area contributed by atoms with Crippen LogP contribution in [-0.4, -0.2) is 29.6 Å². The van der Waals surface area contributed by atoms with Gasteiger partial charge in [-0.2, -0.15) is 0 Å². The second kappa shape index (κ2) is 5.86. The molecule has 1 aromatic carbocycles. The molecule has 0 bridgehead atoms. The van der Waals surface area contributed by atoms with Crippen molar-refractivity contribution in [2.24, 2.45) is 5.92 Å². The maximum Gasteiger partial charge on any atom is 0.142 e. The molecule has 0 spiro atoms. The zero-order valence-electron chi connectivity index (χ0n) is 12.8. The molecule has 2 fully saturated rings. The minimum Gasteiger partial charge on any atom is -0.308 e. The van der Waals surface area contributed by atoms with Gasteiger partial charge in [0.05, 0.1) is 5.02 Å². The lowest BCUT2D eigenvalue weighted by Crippen LogP contribution is -2.63. The molecule has 1 saturated carbocycles. The number of hydrogen-bond donors (Lipinski definition) is 1. The summed E-state index contributed by atoms with van der Waals surface area (Å²) in [7, 11) is 0. The lowest BCUT2D eigenvalue weighted by molar-refractivity contribution is 0.0665. The molecule has 1 saturated heterocycles. The van der Waals surface area contributed by atoms with E-state index in [0.29, 0.717) is 6.04 Å². The number of nitrogens with one attached hydrogen (secondary N) is 1. The van der Waals surface area contributed by atoms with Crippen LogP contribution >= 0.6 is 11.6 Å². The average Bonchev–Trinajstić information content (AvgIpc) is 3.29. The van der Waals surface area contributed by atoms with Gasteiger partial charge in [0.1, 0.15) is 5.82 Å². The number of nitrogens with zero attached hydrogens (tertiary/aromatic N) is 1. The molecule has 1 aromatic rings. The molecule has 1 aliphatic heterocycles. The van der Waals surface area contributed by atoms with Crippen LogP contribution in [0.2, 0.25) is 5.02 Å². The van der Waals surface area contributed by atoms with E-state index in [1.165, 1.54) is 18.9 Å². The Labute approximate surface area is 131 Å². The first-order chi connectivity index (χ1) is 10.0. The first-order valence-electron chi connectivity index (χ1n) is 7.95. The molecule has 0 radical (unpaired) electrons. The molecule has 2 unspecified atom stereocenters. The number of hydrogen-bond acceptors (Lipinski definition) is 2. The van der Waals surface area contributed by atoms with E-state index in [1.807, 2.05) is 6.07 Å². The van der Waals surface area contributed by atoms with Crippen LogP contribution in [0, 0.1) is 11.7 Å². The highest BCUT2D eigenvalue weighted by atomic mass is 35.5. The summed E-state index contributed by atoms with van der Waals surface area (Å²) < 4.78 is 13.6. The van der Waals surface area contributed by atoms with Crippen LogP contribution in [-0.2, 0) is 6.54 Å². The summed E-state index contributed by atoms with van der Waals surface area (Å²) in [6.07, 6.45) is 3.75. The Morgan fingerprint density at radius 2 is 2.19 bits per heavy atom. The quantitative estimate of drug-likeness (QED) is 0.909. The summed E-state index contributed by atoms with van der Waals surface area (Å²) in [4.78, 5) is 2.48. The van der Waals surface area contributed by atoms with Gasteiger partial charge in [0, 0.05) is 31.2 Å². The van der Waals surface area contributed by atoms with Gasteiger partial charge in [0.2, 0.25) is 0 Å². The number of halogens is 2. The van der Waals surface area contributed by atoms with Crippen LogP contribution in [0.25, 0.3) is 0 Å². The van der Waals surface area contributed by atoms with E-state index in [-0.39, 0.29) is 16.4 Å². The SMILES string of the molecule is CCC1CNC(C)(C2CC2)CN1Cc1cccc(F)c1Cl. The van der Waals surface area contributed by atoms with E-state index < -0.39 is 0 Å². The summed E-state index contributed by atoms with van der Waals surface area (Å²) >= 11 is 6.13. The minimum atomic E-state index is -0.317. The van der Waals surface area contributed by atoms with Crippen LogP contribution in [0.4, 0.5) is 4.39 Å². The van der Waals surface area contributed by atoms with Crippen molar-refractivity contribution >= 4 is 11.6 Å². The summed E-state index contributed by atoms with van der Waals surface area (Å²) in [6.45, 7) is 7.31. The van der Waals surface area contributed by atoms with Crippen molar-refractivity contribution in [3.63, 3.8) is 0 Å². The van der Waals surface area contributed by atoms with Crippen molar-refractivity contribution in [1.29, 1.82) is 0 Å². The number of piperazine rings is 1. The van der Waals surface area contributed by atoms with Gasteiger partial charge in [-0.15, -0.1) is 0 Å². The molecule has 0 amide bonds. The number of benzene rings is 1. The van der Waals surface area contributed by atoms with E-state index in [2.05, 4.69) is 24.1 Å². The summed E-state index contributed by atoms with van der Waals surface area (Å²) in [5.74, 6) is 0.475. The van der Waals surface area contributed by atoms with Gasteiger partial charge in [0.25, 0.3) is 0 Å². The smallest absolute Gasteiger partial charge is 0.142 e. The van der Waals surface area contributed by atoms with Crippen molar-refractivity contribution in [3.05, 3.63) is 34.6 Å². The maximum atomic E-state index is 13.6. The zero-order chi connectivity index (χ0) is 15.0. The molecule has 0 aromatic heterocycles. The topological polar surface area (TPSA) is 15.3 Å². The van der Waals surface area contributed by atoms with Gasteiger partial charge < -0.3 is 5.32 Å². The number of rotatable bonds is 4. The van der Waals surface area contributed by atoms with Crippen molar-refractivity contribution in [2.45, 2.75) is 51.2 Å². The van der Waals surface area contributed by atoms with Crippen LogP contribution in [0.15, 0.2) is 18.2 Å². The fourth-order valence-corrected chi connectivity index (χ4v) is 3.74. The lowest BCUT2D eigenvalue weighted by Gasteiger charge is -2.46. The Bertz CT molecular complexity index is 518. The average molecular weight is 311 g/mol. The summed E-state index contributed by atoms with van der Waals surface area (Å²) in [6, 6.07) is 5.61. The van der Waals surface area contributed by atoms with Gasteiger partial charge >= 0.3 is 0 Å².